The van der Waals surface area contributed by atoms with Crippen LogP contribution in [0.5, 0.6) is 0 Å². The third-order valence-corrected chi connectivity index (χ3v) is 8.42. The lowest BCUT2D eigenvalue weighted by Crippen LogP contribution is -2.37. The summed E-state index contributed by atoms with van der Waals surface area (Å²) in [5, 5.41) is 0.478. The molecule has 0 aliphatic heterocycles. The van der Waals surface area contributed by atoms with Crippen molar-refractivity contribution in [3.05, 3.63) is 7.11 Å². The number of hydrogen-bond acceptors (Lipinski definition) is 1. The van der Waals surface area contributed by atoms with E-state index in [-0.39, 0.29) is 0 Å². The summed E-state index contributed by atoms with van der Waals surface area (Å²) in [5.41, 5.74) is 0. The first kappa shape index (κ1) is 11.2. The van der Waals surface area contributed by atoms with Gasteiger partial charge in [-0.2, -0.15) is 0 Å². The summed E-state index contributed by atoms with van der Waals surface area (Å²) >= 11 is 0. The number of ether oxygens (including phenoxy) is 1. The van der Waals surface area contributed by atoms with Gasteiger partial charge in [-0.3, -0.25) is 0 Å². The van der Waals surface area contributed by atoms with Gasteiger partial charge in [0.05, 0.1) is 15.2 Å². The summed E-state index contributed by atoms with van der Waals surface area (Å²) in [6.07, 6.45) is 0. The van der Waals surface area contributed by atoms with Gasteiger partial charge in [-0.15, -0.1) is 0 Å². The summed E-state index contributed by atoms with van der Waals surface area (Å²) < 4.78 is 4.86. The van der Waals surface area contributed by atoms with Crippen molar-refractivity contribution in [2.24, 2.45) is 0 Å². The topological polar surface area (TPSA) is 9.23 Å². The maximum absolute atomic E-state index is 4.86. The van der Waals surface area contributed by atoms with Crippen LogP contribution in [0, 0.1) is 7.11 Å². The normalized spacial score (nSPS) is 13.6. The van der Waals surface area contributed by atoms with Gasteiger partial charge in [0.15, 0.2) is 0 Å². The molecule has 0 aromatic carbocycles. The maximum Gasteiger partial charge on any atom is 0.0700 e. The molecular weight excluding hydrogens is 152 g/mol. The van der Waals surface area contributed by atoms with E-state index in [1.807, 2.05) is 0 Å². The molecule has 0 saturated heterocycles. The molecule has 0 aliphatic carbocycles. The van der Waals surface area contributed by atoms with Crippen LogP contribution < -0.4 is 0 Å². The lowest BCUT2D eigenvalue weighted by atomic mass is 10.2. The molecule has 0 N–H and O–H groups in total. The van der Waals surface area contributed by atoms with Gasteiger partial charge in [0.1, 0.15) is 0 Å². The molecule has 0 heterocycles. The van der Waals surface area contributed by atoms with E-state index < -0.39 is 8.07 Å². The van der Waals surface area contributed by atoms with Crippen LogP contribution in [-0.2, 0) is 4.74 Å². The molecule has 1 nitrogen and oxygen atoms in total. The van der Waals surface area contributed by atoms with Gasteiger partial charge in [0, 0.05) is 6.61 Å². The van der Waals surface area contributed by atoms with Crippen LogP contribution in [0.25, 0.3) is 0 Å². The lowest BCUT2D eigenvalue weighted by Gasteiger charge is -2.36. The predicted octanol–water partition coefficient (Wildman–Crippen LogP) is 3.30. The van der Waals surface area contributed by atoms with Gasteiger partial charge in [-0.25, -0.2) is 0 Å². The fourth-order valence-corrected chi connectivity index (χ4v) is 2.11. The van der Waals surface area contributed by atoms with Crippen LogP contribution in [0.4, 0.5) is 0 Å². The third-order valence-electron chi connectivity index (χ3n) is 2.90. The van der Waals surface area contributed by atoms with Gasteiger partial charge >= 0.3 is 0 Å². The Hall–Kier alpha value is 0.177. The molecule has 0 amide bonds. The summed E-state index contributed by atoms with van der Waals surface area (Å²) in [5.74, 6) is 0. The van der Waals surface area contributed by atoms with Crippen molar-refractivity contribution >= 4 is 8.07 Å². The average molecular weight is 173 g/mol. The monoisotopic (exact) mass is 173 g/mol. The highest BCUT2D eigenvalue weighted by molar-refractivity contribution is 6.80. The van der Waals surface area contributed by atoms with E-state index in [2.05, 4.69) is 41.0 Å². The molecule has 11 heavy (non-hydrogen) atoms. The van der Waals surface area contributed by atoms with Crippen LogP contribution in [-0.4, -0.2) is 14.7 Å². The SMILES string of the molecule is [CH2]OCC[Si](C)(C)C(C)(C)C. The minimum Gasteiger partial charge on any atom is -0.379 e. The molecule has 0 fully saturated rings. The molecular formula is C9H21OSi. The lowest BCUT2D eigenvalue weighted by molar-refractivity contribution is 0.259. The van der Waals surface area contributed by atoms with Crippen molar-refractivity contribution in [1.29, 1.82) is 0 Å². The van der Waals surface area contributed by atoms with Crippen LogP contribution in [0.1, 0.15) is 20.8 Å². The molecule has 0 spiro atoms. The first-order valence-electron chi connectivity index (χ1n) is 4.18. The standard InChI is InChI=1S/C9H21OSi/c1-9(2,3)11(5,6)8-7-10-4/h4,7-8H2,1-3,5-6H3. The molecule has 0 saturated carbocycles. The van der Waals surface area contributed by atoms with E-state index in [1.165, 1.54) is 6.04 Å². The quantitative estimate of drug-likeness (QED) is 0.595. The molecule has 0 bridgehead atoms. The smallest absolute Gasteiger partial charge is 0.0700 e. The minimum absolute atomic E-state index is 0.478. The van der Waals surface area contributed by atoms with Gasteiger partial charge < -0.3 is 4.74 Å². The summed E-state index contributed by atoms with van der Waals surface area (Å²) in [4.78, 5) is 0. The molecule has 2 heteroatoms. The first-order chi connectivity index (χ1) is 4.81. The third kappa shape index (κ3) is 3.39. The second kappa shape index (κ2) is 3.72. The van der Waals surface area contributed by atoms with Crippen molar-refractivity contribution in [1.82, 2.24) is 0 Å². The summed E-state index contributed by atoms with van der Waals surface area (Å²) in [7, 11) is 2.30. The van der Waals surface area contributed by atoms with E-state index >= 15 is 0 Å². The Morgan fingerprint density at radius 2 is 1.73 bits per heavy atom. The highest BCUT2D eigenvalue weighted by atomic mass is 28.3. The first-order valence-corrected chi connectivity index (χ1v) is 7.39. The Labute approximate surface area is 72.2 Å². The zero-order chi connectivity index (χ0) is 9.12. The molecule has 1 radical (unpaired) electrons. The van der Waals surface area contributed by atoms with Crippen LogP contribution in [0.2, 0.25) is 24.2 Å². The van der Waals surface area contributed by atoms with Crippen LogP contribution >= 0.6 is 0 Å². The Morgan fingerprint density at radius 1 is 1.27 bits per heavy atom. The Bertz CT molecular complexity index is 113. The van der Waals surface area contributed by atoms with Gasteiger partial charge in [-0.05, 0) is 11.1 Å². The minimum atomic E-state index is -1.09. The molecule has 0 aliphatic rings. The predicted molar refractivity (Wildman–Crippen MR) is 53.3 cm³/mol. The van der Waals surface area contributed by atoms with Crippen molar-refractivity contribution in [3.63, 3.8) is 0 Å². The maximum atomic E-state index is 4.86. The molecule has 0 aromatic rings. The van der Waals surface area contributed by atoms with Crippen molar-refractivity contribution < 1.29 is 4.74 Å². The fraction of sp³-hybridized carbons (Fsp3) is 0.889. The Morgan fingerprint density at radius 3 is 2.00 bits per heavy atom. The van der Waals surface area contributed by atoms with Crippen molar-refractivity contribution in [3.8, 4) is 0 Å². The summed E-state index contributed by atoms with van der Waals surface area (Å²) in [6.45, 7) is 12.6. The summed E-state index contributed by atoms with van der Waals surface area (Å²) in [6, 6.07) is 1.21. The van der Waals surface area contributed by atoms with Crippen molar-refractivity contribution in [2.45, 2.75) is 44.9 Å². The van der Waals surface area contributed by atoms with Gasteiger partial charge in [-0.1, -0.05) is 33.9 Å². The van der Waals surface area contributed by atoms with Crippen LogP contribution in [0.3, 0.4) is 0 Å². The molecule has 0 unspecified atom stereocenters. The van der Waals surface area contributed by atoms with E-state index in [9.17, 15) is 0 Å². The Balaban J connectivity index is 4.00. The highest BCUT2D eigenvalue weighted by Crippen LogP contribution is 2.38. The Kier molecular flexibility index (Phi) is 3.78. The van der Waals surface area contributed by atoms with E-state index in [4.69, 9.17) is 4.74 Å². The number of hydrogen-bond donors (Lipinski definition) is 0. The van der Waals surface area contributed by atoms with Gasteiger partial charge in [0.2, 0.25) is 0 Å². The molecule has 67 valence electrons. The van der Waals surface area contributed by atoms with Gasteiger partial charge in [0.25, 0.3) is 0 Å². The highest BCUT2D eigenvalue weighted by Gasteiger charge is 2.34. The molecule has 0 aromatic heterocycles. The molecule has 0 atom stereocenters. The van der Waals surface area contributed by atoms with E-state index in [1.54, 1.807) is 0 Å². The average Bonchev–Trinajstić information content (AvgIpc) is 1.81. The van der Waals surface area contributed by atoms with E-state index in [0.717, 1.165) is 6.61 Å². The van der Waals surface area contributed by atoms with E-state index in [0.29, 0.717) is 5.04 Å². The zero-order valence-corrected chi connectivity index (χ0v) is 9.53. The number of rotatable bonds is 3. The largest absolute Gasteiger partial charge is 0.379 e. The fourth-order valence-electron chi connectivity index (χ4n) is 0.702. The van der Waals surface area contributed by atoms with Crippen LogP contribution in [0.15, 0.2) is 0 Å². The molecule has 0 rings (SSSR count). The second-order valence-electron chi connectivity index (χ2n) is 4.79. The van der Waals surface area contributed by atoms with Crippen molar-refractivity contribution in [2.75, 3.05) is 6.61 Å². The second-order valence-corrected chi connectivity index (χ2v) is 10.6. The zero-order valence-electron chi connectivity index (χ0n) is 8.53.